The van der Waals surface area contributed by atoms with Gasteiger partial charge in [-0.3, -0.25) is 14.5 Å². The zero-order chi connectivity index (χ0) is 16.8. The number of rotatable bonds is 5. The molecule has 1 aliphatic heterocycles. The summed E-state index contributed by atoms with van der Waals surface area (Å²) in [4.78, 5) is 27.2. The Hall–Kier alpha value is -1.88. The van der Waals surface area contributed by atoms with E-state index in [9.17, 15) is 9.59 Å². The van der Waals surface area contributed by atoms with E-state index in [1.165, 1.54) is 29.7 Å². The summed E-state index contributed by atoms with van der Waals surface area (Å²) in [5.74, 6) is -0.473. The number of nitrogens with zero attached hydrogens (tertiary/aromatic N) is 2. The van der Waals surface area contributed by atoms with Gasteiger partial charge in [-0.2, -0.15) is 0 Å². The van der Waals surface area contributed by atoms with E-state index in [1.807, 2.05) is 24.3 Å². The van der Waals surface area contributed by atoms with Gasteiger partial charge in [-0.25, -0.2) is 0 Å². The van der Waals surface area contributed by atoms with Gasteiger partial charge in [-0.1, -0.05) is 18.6 Å². The van der Waals surface area contributed by atoms with Crippen LogP contribution in [0.3, 0.4) is 0 Å². The lowest BCUT2D eigenvalue weighted by Crippen LogP contribution is -2.36. The SMILES string of the molecule is C[C@@H]1CCCCN1Cc1ccc(NC(=O)CC(=O)N(C)C)cc1. The largest absolute Gasteiger partial charge is 0.348 e. The molecular formula is C18H27N3O2. The summed E-state index contributed by atoms with van der Waals surface area (Å²) in [5.41, 5.74) is 1.98. The second-order valence-corrected chi connectivity index (χ2v) is 6.53. The van der Waals surface area contributed by atoms with Gasteiger partial charge in [-0.15, -0.1) is 0 Å². The van der Waals surface area contributed by atoms with Crippen LogP contribution in [0, 0.1) is 0 Å². The van der Waals surface area contributed by atoms with Crippen LogP contribution in [0.1, 0.15) is 38.2 Å². The second kappa shape index (κ2) is 8.11. The Bertz CT molecular complexity index is 540. The number of amides is 2. The average Bonchev–Trinajstić information content (AvgIpc) is 2.51. The molecule has 0 radical (unpaired) electrons. The summed E-state index contributed by atoms with van der Waals surface area (Å²) in [5, 5.41) is 2.77. The Morgan fingerprint density at radius 2 is 1.91 bits per heavy atom. The monoisotopic (exact) mass is 317 g/mol. The first-order valence-electron chi connectivity index (χ1n) is 8.28. The third kappa shape index (κ3) is 5.36. The van der Waals surface area contributed by atoms with Crippen LogP contribution in [-0.2, 0) is 16.1 Å². The molecule has 2 rings (SSSR count). The minimum Gasteiger partial charge on any atom is -0.348 e. The summed E-state index contributed by atoms with van der Waals surface area (Å²) in [6, 6.07) is 8.54. The molecule has 1 saturated heterocycles. The van der Waals surface area contributed by atoms with Gasteiger partial charge in [0, 0.05) is 32.4 Å². The van der Waals surface area contributed by atoms with Crippen LogP contribution in [-0.4, -0.2) is 48.3 Å². The third-order valence-electron chi connectivity index (χ3n) is 4.37. The third-order valence-corrected chi connectivity index (χ3v) is 4.37. The predicted octanol–water partition coefficient (Wildman–Crippen LogP) is 2.48. The molecule has 1 fully saturated rings. The lowest BCUT2D eigenvalue weighted by molar-refractivity contribution is -0.132. The van der Waals surface area contributed by atoms with Crippen molar-refractivity contribution in [2.75, 3.05) is 26.0 Å². The van der Waals surface area contributed by atoms with Crippen molar-refractivity contribution in [1.29, 1.82) is 0 Å². The number of piperidine rings is 1. The van der Waals surface area contributed by atoms with Crippen LogP contribution < -0.4 is 5.32 Å². The number of nitrogens with one attached hydrogen (secondary N) is 1. The number of hydrogen-bond acceptors (Lipinski definition) is 3. The van der Waals surface area contributed by atoms with Crippen LogP contribution in [0.4, 0.5) is 5.69 Å². The standard InChI is InChI=1S/C18H27N3O2/c1-14-6-4-5-11-21(14)13-15-7-9-16(10-8-15)19-17(22)12-18(23)20(2)3/h7-10,14H,4-6,11-13H2,1-3H3,(H,19,22)/t14-/m1/s1. The van der Waals surface area contributed by atoms with Crippen LogP contribution in [0.25, 0.3) is 0 Å². The number of carbonyl (C=O) groups is 2. The summed E-state index contributed by atoms with van der Waals surface area (Å²) >= 11 is 0. The van der Waals surface area contributed by atoms with Gasteiger partial charge in [0.25, 0.3) is 0 Å². The molecule has 1 heterocycles. The molecule has 1 aliphatic rings. The first-order valence-corrected chi connectivity index (χ1v) is 8.28. The van der Waals surface area contributed by atoms with E-state index in [4.69, 9.17) is 0 Å². The molecule has 1 atom stereocenters. The highest BCUT2D eigenvalue weighted by Gasteiger charge is 2.18. The molecule has 126 valence electrons. The first-order chi connectivity index (χ1) is 11.0. The lowest BCUT2D eigenvalue weighted by Gasteiger charge is -2.33. The van der Waals surface area contributed by atoms with Gasteiger partial charge >= 0.3 is 0 Å². The maximum absolute atomic E-state index is 11.8. The van der Waals surface area contributed by atoms with Gasteiger partial charge in [-0.05, 0) is 44.0 Å². The lowest BCUT2D eigenvalue weighted by atomic mass is 10.0. The minimum atomic E-state index is -0.277. The van der Waals surface area contributed by atoms with Crippen molar-refractivity contribution in [3.8, 4) is 0 Å². The molecule has 1 aromatic carbocycles. The molecule has 5 nitrogen and oxygen atoms in total. The molecule has 0 bridgehead atoms. The average molecular weight is 317 g/mol. The Morgan fingerprint density at radius 3 is 2.52 bits per heavy atom. The van der Waals surface area contributed by atoms with E-state index < -0.39 is 0 Å². The number of carbonyl (C=O) groups excluding carboxylic acids is 2. The van der Waals surface area contributed by atoms with Crippen LogP contribution >= 0.6 is 0 Å². The summed E-state index contributed by atoms with van der Waals surface area (Å²) in [6.07, 6.45) is 3.75. The number of hydrogen-bond donors (Lipinski definition) is 1. The van der Waals surface area contributed by atoms with Crippen molar-refractivity contribution in [2.45, 2.75) is 45.2 Å². The molecule has 0 aromatic heterocycles. The molecule has 0 aliphatic carbocycles. The molecule has 0 saturated carbocycles. The Labute approximate surface area is 138 Å². The minimum absolute atomic E-state index is 0.125. The van der Waals surface area contributed by atoms with E-state index >= 15 is 0 Å². The Balaban J connectivity index is 1.86. The quantitative estimate of drug-likeness (QED) is 0.849. The summed E-state index contributed by atoms with van der Waals surface area (Å²) < 4.78 is 0. The highest BCUT2D eigenvalue weighted by Crippen LogP contribution is 2.20. The Kier molecular flexibility index (Phi) is 6.16. The normalized spacial score (nSPS) is 18.5. The zero-order valence-corrected chi connectivity index (χ0v) is 14.3. The molecule has 0 spiro atoms. The Morgan fingerprint density at radius 1 is 1.22 bits per heavy atom. The maximum atomic E-state index is 11.8. The molecular weight excluding hydrogens is 290 g/mol. The summed E-state index contributed by atoms with van der Waals surface area (Å²) in [7, 11) is 3.29. The fourth-order valence-electron chi connectivity index (χ4n) is 2.82. The van der Waals surface area contributed by atoms with E-state index in [0.717, 1.165) is 18.8 Å². The number of likely N-dealkylation sites (tertiary alicyclic amines) is 1. The van der Waals surface area contributed by atoms with Crippen molar-refractivity contribution < 1.29 is 9.59 Å². The molecule has 1 aromatic rings. The van der Waals surface area contributed by atoms with Crippen molar-refractivity contribution in [3.63, 3.8) is 0 Å². The van der Waals surface area contributed by atoms with E-state index in [0.29, 0.717) is 6.04 Å². The zero-order valence-electron chi connectivity index (χ0n) is 14.3. The van der Waals surface area contributed by atoms with Crippen molar-refractivity contribution in [3.05, 3.63) is 29.8 Å². The fourth-order valence-corrected chi connectivity index (χ4v) is 2.82. The molecule has 1 N–H and O–H groups in total. The molecule has 23 heavy (non-hydrogen) atoms. The van der Waals surface area contributed by atoms with Crippen LogP contribution in [0.5, 0.6) is 0 Å². The van der Waals surface area contributed by atoms with Gasteiger partial charge in [0.15, 0.2) is 0 Å². The first kappa shape index (κ1) is 17.5. The van der Waals surface area contributed by atoms with Crippen molar-refractivity contribution >= 4 is 17.5 Å². The highest BCUT2D eigenvalue weighted by molar-refractivity contribution is 6.03. The summed E-state index contributed by atoms with van der Waals surface area (Å²) in [6.45, 7) is 4.40. The maximum Gasteiger partial charge on any atom is 0.233 e. The van der Waals surface area contributed by atoms with Gasteiger partial charge < -0.3 is 10.2 Å². The van der Waals surface area contributed by atoms with E-state index in [-0.39, 0.29) is 18.2 Å². The van der Waals surface area contributed by atoms with Crippen LogP contribution in [0.15, 0.2) is 24.3 Å². The second-order valence-electron chi connectivity index (χ2n) is 6.53. The molecule has 5 heteroatoms. The van der Waals surface area contributed by atoms with Gasteiger partial charge in [0.1, 0.15) is 6.42 Å². The van der Waals surface area contributed by atoms with Crippen molar-refractivity contribution in [2.24, 2.45) is 0 Å². The van der Waals surface area contributed by atoms with Crippen LogP contribution in [0.2, 0.25) is 0 Å². The fraction of sp³-hybridized carbons (Fsp3) is 0.556. The number of benzene rings is 1. The van der Waals surface area contributed by atoms with Gasteiger partial charge in [0.05, 0.1) is 0 Å². The number of anilines is 1. The van der Waals surface area contributed by atoms with Crippen molar-refractivity contribution in [1.82, 2.24) is 9.80 Å². The van der Waals surface area contributed by atoms with E-state index in [2.05, 4.69) is 17.1 Å². The molecule has 0 unspecified atom stereocenters. The topological polar surface area (TPSA) is 52.7 Å². The molecule has 2 amide bonds. The van der Waals surface area contributed by atoms with Gasteiger partial charge in [0.2, 0.25) is 11.8 Å². The smallest absolute Gasteiger partial charge is 0.233 e. The van der Waals surface area contributed by atoms with E-state index in [1.54, 1.807) is 14.1 Å². The predicted molar refractivity (Wildman–Crippen MR) is 92.1 cm³/mol. The highest BCUT2D eigenvalue weighted by atomic mass is 16.2.